The number of Topliss-reactive ketones (excluding diaryl/α,β-unsaturated/α-hetero) is 1. The van der Waals surface area contributed by atoms with Crippen LogP contribution in [0.2, 0.25) is 0 Å². The Hall–Kier alpha value is -2.41. The lowest BCUT2D eigenvalue weighted by atomic mass is 9.97. The molecule has 27 heavy (non-hydrogen) atoms. The first-order valence-electron chi connectivity index (χ1n) is 9.21. The van der Waals surface area contributed by atoms with E-state index in [0.717, 1.165) is 42.1 Å². The molecule has 1 unspecified atom stereocenters. The maximum atomic E-state index is 12.9. The fourth-order valence-electron chi connectivity index (χ4n) is 3.71. The number of hydrogen-bond acceptors (Lipinski definition) is 5. The Labute approximate surface area is 161 Å². The molecule has 1 aromatic carbocycles. The Morgan fingerprint density at radius 2 is 2.11 bits per heavy atom. The van der Waals surface area contributed by atoms with Crippen LogP contribution in [0.25, 0.3) is 0 Å². The minimum atomic E-state index is -0.187. The van der Waals surface area contributed by atoms with Gasteiger partial charge in [-0.05, 0) is 44.7 Å². The molecule has 0 saturated heterocycles. The third-order valence-electron chi connectivity index (χ3n) is 5.10. The summed E-state index contributed by atoms with van der Waals surface area (Å²) >= 11 is 1.54. The second-order valence-electron chi connectivity index (χ2n) is 7.06. The van der Waals surface area contributed by atoms with Crippen molar-refractivity contribution in [3.63, 3.8) is 0 Å². The topological polar surface area (TPSA) is 81.1 Å². The number of carbonyl (C=O) groups is 2. The van der Waals surface area contributed by atoms with Gasteiger partial charge in [-0.2, -0.15) is 0 Å². The van der Waals surface area contributed by atoms with Crippen molar-refractivity contribution in [3.8, 4) is 0 Å². The van der Waals surface area contributed by atoms with E-state index in [4.69, 9.17) is 0 Å². The van der Waals surface area contributed by atoms with Crippen LogP contribution in [0.4, 0.5) is 5.69 Å². The normalized spacial score (nSPS) is 17.9. The van der Waals surface area contributed by atoms with Gasteiger partial charge in [-0.1, -0.05) is 23.9 Å². The van der Waals surface area contributed by atoms with Gasteiger partial charge in [0.25, 0.3) is 5.56 Å². The van der Waals surface area contributed by atoms with Gasteiger partial charge >= 0.3 is 0 Å². The molecule has 0 spiro atoms. The van der Waals surface area contributed by atoms with Gasteiger partial charge in [-0.25, -0.2) is 4.98 Å². The molecule has 6 nitrogen and oxygen atoms in total. The molecular formula is C20H21N3O3S. The second-order valence-corrected chi connectivity index (χ2v) is 8.04. The number of anilines is 1. The van der Waals surface area contributed by atoms with Crippen LogP contribution in [-0.2, 0) is 17.6 Å². The minimum absolute atomic E-state index is 0.0241. The number of aromatic nitrogens is 2. The minimum Gasteiger partial charge on any atom is -0.326 e. The smallest absolute Gasteiger partial charge is 0.257 e. The average molecular weight is 383 g/mol. The van der Waals surface area contributed by atoms with Crippen LogP contribution < -0.4 is 10.9 Å². The number of fused-ring (bicyclic) bond motifs is 2. The van der Waals surface area contributed by atoms with Crippen molar-refractivity contribution < 1.29 is 9.59 Å². The monoisotopic (exact) mass is 383 g/mol. The van der Waals surface area contributed by atoms with Crippen LogP contribution in [0, 0.1) is 0 Å². The van der Waals surface area contributed by atoms with Gasteiger partial charge in [0.05, 0.1) is 11.7 Å². The maximum absolute atomic E-state index is 12.9. The molecule has 4 rings (SSSR count). The SMILES string of the molecule is CC(=O)c1cccc(NC(=O)CC2CSc3nc4c(c(=O)n32)CCCC4)c1. The predicted octanol–water partition coefficient (Wildman–Crippen LogP) is 3.00. The highest BCUT2D eigenvalue weighted by Crippen LogP contribution is 2.34. The summed E-state index contributed by atoms with van der Waals surface area (Å²) in [4.78, 5) is 41.6. The fourth-order valence-corrected chi connectivity index (χ4v) is 4.86. The third-order valence-corrected chi connectivity index (χ3v) is 6.19. The van der Waals surface area contributed by atoms with Crippen LogP contribution in [0.5, 0.6) is 0 Å². The summed E-state index contributed by atoms with van der Waals surface area (Å²) in [5.41, 5.74) is 2.94. The number of nitrogens with one attached hydrogen (secondary N) is 1. The molecule has 2 aliphatic rings. The maximum Gasteiger partial charge on any atom is 0.257 e. The van der Waals surface area contributed by atoms with E-state index in [-0.39, 0.29) is 29.7 Å². The molecule has 1 aliphatic carbocycles. The van der Waals surface area contributed by atoms with Crippen LogP contribution >= 0.6 is 11.8 Å². The molecule has 1 aromatic heterocycles. The molecular weight excluding hydrogens is 362 g/mol. The van der Waals surface area contributed by atoms with E-state index >= 15 is 0 Å². The summed E-state index contributed by atoms with van der Waals surface area (Å²) in [7, 11) is 0. The summed E-state index contributed by atoms with van der Waals surface area (Å²) in [5.74, 6) is 0.458. The molecule has 2 heterocycles. The number of aryl methyl sites for hydroxylation is 1. The molecule has 140 valence electrons. The summed E-state index contributed by atoms with van der Waals surface area (Å²) in [6, 6.07) is 6.70. The Kier molecular flexibility index (Phi) is 4.86. The van der Waals surface area contributed by atoms with E-state index in [2.05, 4.69) is 10.3 Å². The summed E-state index contributed by atoms with van der Waals surface area (Å²) in [6.45, 7) is 1.49. The number of rotatable bonds is 4. The van der Waals surface area contributed by atoms with Crippen molar-refractivity contribution in [3.05, 3.63) is 51.4 Å². The molecule has 1 N–H and O–H groups in total. The Bertz CT molecular complexity index is 983. The lowest BCUT2D eigenvalue weighted by Crippen LogP contribution is -2.32. The highest BCUT2D eigenvalue weighted by molar-refractivity contribution is 7.99. The van der Waals surface area contributed by atoms with Crippen LogP contribution in [0.1, 0.15) is 53.8 Å². The summed E-state index contributed by atoms with van der Waals surface area (Å²) in [5, 5.41) is 3.57. The number of hydrogen-bond donors (Lipinski definition) is 1. The fraction of sp³-hybridized carbons (Fsp3) is 0.400. The molecule has 0 fully saturated rings. The zero-order valence-corrected chi connectivity index (χ0v) is 16.0. The molecule has 1 aliphatic heterocycles. The first-order chi connectivity index (χ1) is 13.0. The van der Waals surface area contributed by atoms with Crippen LogP contribution in [0.3, 0.4) is 0 Å². The van der Waals surface area contributed by atoms with Gasteiger partial charge in [0.1, 0.15) is 0 Å². The van der Waals surface area contributed by atoms with E-state index in [9.17, 15) is 14.4 Å². The van der Waals surface area contributed by atoms with Crippen molar-refractivity contribution >= 4 is 29.1 Å². The van der Waals surface area contributed by atoms with Gasteiger partial charge in [0, 0.05) is 29.0 Å². The zero-order chi connectivity index (χ0) is 19.0. The Balaban J connectivity index is 1.52. The molecule has 0 saturated carbocycles. The highest BCUT2D eigenvalue weighted by atomic mass is 32.2. The second kappa shape index (κ2) is 7.31. The molecule has 1 amide bonds. The van der Waals surface area contributed by atoms with Crippen molar-refractivity contribution in [2.24, 2.45) is 0 Å². The Morgan fingerprint density at radius 3 is 2.93 bits per heavy atom. The zero-order valence-electron chi connectivity index (χ0n) is 15.2. The van der Waals surface area contributed by atoms with E-state index in [1.807, 2.05) is 0 Å². The summed E-state index contributed by atoms with van der Waals surface area (Å²) in [6.07, 6.45) is 3.97. The number of benzene rings is 1. The van der Waals surface area contributed by atoms with Gasteiger partial charge in [-0.3, -0.25) is 19.0 Å². The number of ketones is 1. The summed E-state index contributed by atoms with van der Waals surface area (Å²) < 4.78 is 1.71. The lowest BCUT2D eigenvalue weighted by molar-refractivity contribution is -0.116. The van der Waals surface area contributed by atoms with E-state index in [1.165, 1.54) is 6.92 Å². The van der Waals surface area contributed by atoms with Gasteiger partial charge in [-0.15, -0.1) is 0 Å². The van der Waals surface area contributed by atoms with Crippen LogP contribution in [-0.4, -0.2) is 27.0 Å². The van der Waals surface area contributed by atoms with E-state index in [1.54, 1.807) is 40.6 Å². The molecule has 0 bridgehead atoms. The van der Waals surface area contributed by atoms with Crippen LogP contribution in [0.15, 0.2) is 34.2 Å². The number of thioether (sulfide) groups is 1. The number of amides is 1. The number of nitrogens with zero attached hydrogens (tertiary/aromatic N) is 2. The first kappa shape index (κ1) is 18.0. The number of carbonyl (C=O) groups excluding carboxylic acids is 2. The quantitative estimate of drug-likeness (QED) is 0.648. The molecule has 7 heteroatoms. The van der Waals surface area contributed by atoms with Gasteiger partial charge < -0.3 is 5.32 Å². The third kappa shape index (κ3) is 3.56. The largest absolute Gasteiger partial charge is 0.326 e. The van der Waals surface area contributed by atoms with Crippen molar-refractivity contribution in [2.75, 3.05) is 11.1 Å². The molecule has 0 radical (unpaired) electrons. The van der Waals surface area contributed by atoms with E-state index < -0.39 is 0 Å². The highest BCUT2D eigenvalue weighted by Gasteiger charge is 2.30. The lowest BCUT2D eigenvalue weighted by Gasteiger charge is -2.18. The van der Waals surface area contributed by atoms with E-state index in [0.29, 0.717) is 17.0 Å². The van der Waals surface area contributed by atoms with Crippen molar-refractivity contribution in [1.82, 2.24) is 9.55 Å². The van der Waals surface area contributed by atoms with Crippen molar-refractivity contribution in [2.45, 2.75) is 50.2 Å². The predicted molar refractivity (Wildman–Crippen MR) is 105 cm³/mol. The molecule has 1 atom stereocenters. The van der Waals surface area contributed by atoms with Gasteiger partial charge in [0.15, 0.2) is 10.9 Å². The standard InChI is InChI=1S/C20H21N3O3S/c1-12(24)13-5-4-6-14(9-13)21-18(25)10-15-11-27-20-22-17-8-3-2-7-16(17)19(26)23(15)20/h4-6,9,15H,2-3,7-8,10-11H2,1H3,(H,21,25). The average Bonchev–Trinajstić information content (AvgIpc) is 3.04. The van der Waals surface area contributed by atoms with Gasteiger partial charge in [0.2, 0.25) is 5.91 Å². The van der Waals surface area contributed by atoms with Crippen molar-refractivity contribution in [1.29, 1.82) is 0 Å². The first-order valence-corrected chi connectivity index (χ1v) is 10.2. The Morgan fingerprint density at radius 1 is 1.30 bits per heavy atom. The molecule has 2 aromatic rings.